The number of likely N-dealkylation sites (tertiary alicyclic amines) is 1. The number of hydrogen-bond donors (Lipinski definition) is 0. The lowest BCUT2D eigenvalue weighted by Gasteiger charge is -2.16. The third-order valence-electron chi connectivity index (χ3n) is 3.30. The molecule has 0 unspecified atom stereocenters. The smallest absolute Gasteiger partial charge is 0.315 e. The second-order valence-electron chi connectivity index (χ2n) is 4.49. The number of ether oxygens (including phenoxy) is 2. The zero-order valence-corrected chi connectivity index (χ0v) is 11.4. The summed E-state index contributed by atoms with van der Waals surface area (Å²) in [6.07, 6.45) is 1.92. The number of benzene rings is 1. The summed E-state index contributed by atoms with van der Waals surface area (Å²) in [5, 5.41) is 11.1. The standard InChI is InChI=1S/C13H16N2O5/c1-19-11-8-9(13(16)14-5-3-4-6-14)7-10(15(17)18)12(11)20-2/h7-8H,3-6H2,1-2H3. The fourth-order valence-electron chi connectivity index (χ4n) is 2.31. The van der Waals surface area contributed by atoms with Gasteiger partial charge in [0.1, 0.15) is 0 Å². The van der Waals surface area contributed by atoms with E-state index in [1.54, 1.807) is 4.90 Å². The van der Waals surface area contributed by atoms with Gasteiger partial charge in [-0.2, -0.15) is 0 Å². The van der Waals surface area contributed by atoms with Crippen molar-refractivity contribution in [1.82, 2.24) is 4.90 Å². The molecule has 0 saturated carbocycles. The van der Waals surface area contributed by atoms with Gasteiger partial charge in [0.05, 0.1) is 24.7 Å². The highest BCUT2D eigenvalue weighted by Crippen LogP contribution is 2.38. The van der Waals surface area contributed by atoms with Crippen molar-refractivity contribution in [2.45, 2.75) is 12.8 Å². The Labute approximate surface area is 116 Å². The second kappa shape index (κ2) is 5.77. The first-order valence-corrected chi connectivity index (χ1v) is 6.28. The Hall–Kier alpha value is -2.31. The van der Waals surface area contributed by atoms with Gasteiger partial charge in [0.2, 0.25) is 5.75 Å². The zero-order chi connectivity index (χ0) is 14.7. The molecular formula is C13H16N2O5. The van der Waals surface area contributed by atoms with Crippen LogP contribution < -0.4 is 9.47 Å². The lowest BCUT2D eigenvalue weighted by molar-refractivity contribution is -0.385. The van der Waals surface area contributed by atoms with Gasteiger partial charge in [0, 0.05) is 19.2 Å². The number of rotatable bonds is 4. The average Bonchev–Trinajstić information content (AvgIpc) is 2.98. The average molecular weight is 280 g/mol. The molecule has 0 bridgehead atoms. The lowest BCUT2D eigenvalue weighted by atomic mass is 10.1. The fraction of sp³-hybridized carbons (Fsp3) is 0.462. The highest BCUT2D eigenvalue weighted by atomic mass is 16.6. The Kier molecular flexibility index (Phi) is 4.07. The van der Waals surface area contributed by atoms with Gasteiger partial charge in [-0.05, 0) is 18.9 Å². The molecule has 1 aromatic carbocycles. The van der Waals surface area contributed by atoms with Crippen LogP contribution in [0, 0.1) is 10.1 Å². The molecule has 1 aromatic rings. The molecular weight excluding hydrogens is 264 g/mol. The maximum atomic E-state index is 12.3. The summed E-state index contributed by atoms with van der Waals surface area (Å²) in [4.78, 5) is 24.5. The van der Waals surface area contributed by atoms with Crippen molar-refractivity contribution in [2.75, 3.05) is 27.3 Å². The van der Waals surface area contributed by atoms with Gasteiger partial charge in [0.15, 0.2) is 5.75 Å². The van der Waals surface area contributed by atoms with Crippen LogP contribution in [-0.2, 0) is 0 Å². The number of nitro groups is 1. The van der Waals surface area contributed by atoms with Gasteiger partial charge >= 0.3 is 5.69 Å². The first-order valence-electron chi connectivity index (χ1n) is 6.28. The van der Waals surface area contributed by atoms with Crippen molar-refractivity contribution >= 4 is 11.6 Å². The van der Waals surface area contributed by atoms with Crippen LogP contribution >= 0.6 is 0 Å². The topological polar surface area (TPSA) is 81.9 Å². The van der Waals surface area contributed by atoms with Gasteiger partial charge in [-0.3, -0.25) is 14.9 Å². The molecule has 20 heavy (non-hydrogen) atoms. The normalized spacial score (nSPS) is 14.2. The van der Waals surface area contributed by atoms with Crippen molar-refractivity contribution in [3.8, 4) is 11.5 Å². The number of carbonyl (C=O) groups is 1. The molecule has 0 N–H and O–H groups in total. The van der Waals surface area contributed by atoms with Crippen molar-refractivity contribution in [3.05, 3.63) is 27.8 Å². The highest BCUT2D eigenvalue weighted by molar-refractivity contribution is 5.96. The summed E-state index contributed by atoms with van der Waals surface area (Å²) in [5.41, 5.74) is -0.0225. The molecule has 0 spiro atoms. The molecule has 1 saturated heterocycles. The van der Waals surface area contributed by atoms with Crippen molar-refractivity contribution in [1.29, 1.82) is 0 Å². The van der Waals surface area contributed by atoms with Crippen molar-refractivity contribution < 1.29 is 19.2 Å². The molecule has 1 amide bonds. The van der Waals surface area contributed by atoms with Crippen LogP contribution in [0.5, 0.6) is 11.5 Å². The van der Waals surface area contributed by atoms with Crippen LogP contribution in [0.2, 0.25) is 0 Å². The Bertz CT molecular complexity index is 538. The van der Waals surface area contributed by atoms with E-state index in [0.29, 0.717) is 13.1 Å². The first-order chi connectivity index (χ1) is 9.58. The summed E-state index contributed by atoms with van der Waals surface area (Å²) >= 11 is 0. The van der Waals surface area contributed by atoms with E-state index in [1.165, 1.54) is 26.4 Å². The molecule has 0 atom stereocenters. The van der Waals surface area contributed by atoms with E-state index < -0.39 is 4.92 Å². The van der Waals surface area contributed by atoms with Gasteiger partial charge in [-0.15, -0.1) is 0 Å². The molecule has 7 nitrogen and oxygen atoms in total. The van der Waals surface area contributed by atoms with Crippen LogP contribution in [0.3, 0.4) is 0 Å². The highest BCUT2D eigenvalue weighted by Gasteiger charge is 2.26. The van der Waals surface area contributed by atoms with Crippen molar-refractivity contribution in [2.24, 2.45) is 0 Å². The fourth-order valence-corrected chi connectivity index (χ4v) is 2.31. The number of nitro benzene ring substituents is 1. The number of carbonyl (C=O) groups excluding carboxylic acids is 1. The van der Waals surface area contributed by atoms with E-state index in [-0.39, 0.29) is 28.7 Å². The largest absolute Gasteiger partial charge is 0.493 e. The molecule has 1 aliphatic heterocycles. The van der Waals surface area contributed by atoms with Crippen molar-refractivity contribution in [3.63, 3.8) is 0 Å². The quantitative estimate of drug-likeness (QED) is 0.621. The Morgan fingerprint density at radius 1 is 1.25 bits per heavy atom. The van der Waals surface area contributed by atoms with E-state index in [2.05, 4.69) is 0 Å². The number of amides is 1. The number of nitrogens with zero attached hydrogens (tertiary/aromatic N) is 2. The van der Waals surface area contributed by atoms with Gasteiger partial charge in [-0.1, -0.05) is 0 Å². The molecule has 1 aliphatic rings. The maximum Gasteiger partial charge on any atom is 0.315 e. The maximum absolute atomic E-state index is 12.3. The van der Waals surface area contributed by atoms with E-state index in [4.69, 9.17) is 9.47 Å². The minimum atomic E-state index is -0.581. The van der Waals surface area contributed by atoms with E-state index in [1.807, 2.05) is 0 Å². The van der Waals surface area contributed by atoms with E-state index in [9.17, 15) is 14.9 Å². The Morgan fingerprint density at radius 2 is 1.90 bits per heavy atom. The zero-order valence-electron chi connectivity index (χ0n) is 11.4. The predicted molar refractivity (Wildman–Crippen MR) is 71.3 cm³/mol. The molecule has 108 valence electrons. The van der Waals surface area contributed by atoms with Crippen LogP contribution in [0.25, 0.3) is 0 Å². The van der Waals surface area contributed by atoms with Gasteiger partial charge in [0.25, 0.3) is 5.91 Å². The summed E-state index contributed by atoms with van der Waals surface area (Å²) in [5.74, 6) is -0.00808. The summed E-state index contributed by atoms with van der Waals surface area (Å²) in [7, 11) is 2.71. The van der Waals surface area contributed by atoms with Gasteiger partial charge in [-0.25, -0.2) is 0 Å². The number of hydrogen-bond acceptors (Lipinski definition) is 5. The summed E-state index contributed by atoms with van der Waals surface area (Å²) in [6, 6.07) is 2.72. The van der Waals surface area contributed by atoms with Gasteiger partial charge < -0.3 is 14.4 Å². The molecule has 0 radical (unpaired) electrons. The minimum absolute atomic E-state index is 0.0236. The van der Waals surface area contributed by atoms with Crippen LogP contribution in [0.15, 0.2) is 12.1 Å². The van der Waals surface area contributed by atoms with Crippen LogP contribution in [0.1, 0.15) is 23.2 Å². The second-order valence-corrected chi connectivity index (χ2v) is 4.49. The molecule has 7 heteroatoms. The molecule has 2 rings (SSSR count). The first kappa shape index (κ1) is 14.1. The number of methoxy groups -OCH3 is 2. The summed E-state index contributed by atoms with van der Waals surface area (Å²) < 4.78 is 10.1. The summed E-state index contributed by atoms with van der Waals surface area (Å²) in [6.45, 7) is 1.36. The SMILES string of the molecule is COc1cc(C(=O)N2CCCC2)cc([N+](=O)[O-])c1OC. The Morgan fingerprint density at radius 3 is 2.40 bits per heavy atom. The van der Waals surface area contributed by atoms with Crippen LogP contribution in [-0.4, -0.2) is 43.0 Å². The molecule has 0 aromatic heterocycles. The predicted octanol–water partition coefficient (Wildman–Crippen LogP) is 1.85. The minimum Gasteiger partial charge on any atom is -0.493 e. The third kappa shape index (κ3) is 2.52. The third-order valence-corrected chi connectivity index (χ3v) is 3.30. The molecule has 0 aliphatic carbocycles. The Balaban J connectivity index is 2.45. The monoisotopic (exact) mass is 280 g/mol. The molecule has 1 fully saturated rings. The lowest BCUT2D eigenvalue weighted by Crippen LogP contribution is -2.27. The van der Waals surface area contributed by atoms with E-state index >= 15 is 0 Å². The van der Waals surface area contributed by atoms with Crippen LogP contribution in [0.4, 0.5) is 5.69 Å². The molecule has 1 heterocycles. The van der Waals surface area contributed by atoms with E-state index in [0.717, 1.165) is 12.8 Å².